The first-order chi connectivity index (χ1) is 3.42. The molecule has 0 aliphatic carbocycles. The van der Waals surface area contributed by atoms with Crippen molar-refractivity contribution in [3.63, 3.8) is 0 Å². The van der Waals surface area contributed by atoms with Crippen molar-refractivity contribution in [1.82, 2.24) is 0 Å². The highest BCUT2D eigenvalue weighted by Gasteiger charge is 2.06. The van der Waals surface area contributed by atoms with Crippen LogP contribution in [-0.4, -0.2) is 13.8 Å². The maximum absolute atomic E-state index is 9.90. The monoisotopic (exact) mass is 133 g/mol. The molecule has 0 aliphatic heterocycles. The Morgan fingerprint density at radius 2 is 1.62 bits per heavy atom. The molecule has 0 N–H and O–H groups in total. The summed E-state index contributed by atoms with van der Waals surface area (Å²) in [5, 5.41) is 2.30. The second-order valence-electron chi connectivity index (χ2n) is 2.59. The summed E-state index contributed by atoms with van der Waals surface area (Å²) in [7, 11) is -2.14. The molecule has 0 atom stereocenters. The summed E-state index contributed by atoms with van der Waals surface area (Å²) in [6.07, 6.45) is 0. The predicted molar refractivity (Wildman–Crippen MR) is 33.4 cm³/mol. The van der Waals surface area contributed by atoms with E-state index in [1.807, 2.05) is 0 Å². The van der Waals surface area contributed by atoms with Gasteiger partial charge in [-0.05, 0) is 0 Å². The molecule has 0 amide bonds. The van der Waals surface area contributed by atoms with Crippen LogP contribution in [0.4, 0.5) is 0 Å². The van der Waals surface area contributed by atoms with Crippen LogP contribution < -0.4 is 0 Å². The molecule has 0 aliphatic rings. The van der Waals surface area contributed by atoms with Gasteiger partial charge in [0.15, 0.2) is 0 Å². The average Bonchev–Trinajstić information content (AvgIpc) is 1.21. The van der Waals surface area contributed by atoms with E-state index in [2.05, 4.69) is 5.37 Å². The van der Waals surface area contributed by atoms with E-state index < -0.39 is 10.3 Å². The maximum atomic E-state index is 9.90. The summed E-state index contributed by atoms with van der Waals surface area (Å²) in [4.78, 5) is 0. The zero-order chi connectivity index (χ0) is 6.78. The molecule has 0 aromatic heterocycles. The standard InChI is InChI=1S/C5H9O2S/c1-5(2,3)4-8(6)7/h1-3H3. The van der Waals surface area contributed by atoms with Gasteiger partial charge in [-0.25, -0.2) is 0 Å². The van der Waals surface area contributed by atoms with E-state index >= 15 is 0 Å². The third-order valence-corrected chi connectivity index (χ3v) is 1.17. The van der Waals surface area contributed by atoms with E-state index in [9.17, 15) is 8.42 Å². The Labute approximate surface area is 51.1 Å². The van der Waals surface area contributed by atoms with Gasteiger partial charge in [0, 0.05) is 5.41 Å². The molecule has 1 radical (unpaired) electrons. The summed E-state index contributed by atoms with van der Waals surface area (Å²) < 4.78 is 19.8. The van der Waals surface area contributed by atoms with E-state index in [0.717, 1.165) is 0 Å². The van der Waals surface area contributed by atoms with Crippen molar-refractivity contribution in [2.24, 2.45) is 5.41 Å². The molecule has 2 nitrogen and oxygen atoms in total. The van der Waals surface area contributed by atoms with Crippen molar-refractivity contribution in [3.8, 4) is 0 Å². The molecule has 0 rings (SSSR count). The highest BCUT2D eigenvalue weighted by molar-refractivity contribution is 7.71. The van der Waals surface area contributed by atoms with Gasteiger partial charge in [-0.1, -0.05) is 20.8 Å². The van der Waals surface area contributed by atoms with Gasteiger partial charge < -0.3 is 0 Å². The Balaban J connectivity index is 4.34. The Morgan fingerprint density at radius 3 is 1.62 bits per heavy atom. The molecule has 0 saturated carbocycles. The van der Waals surface area contributed by atoms with Gasteiger partial charge in [-0.3, -0.25) is 0 Å². The van der Waals surface area contributed by atoms with Crippen LogP contribution in [0.2, 0.25) is 0 Å². The van der Waals surface area contributed by atoms with E-state index in [1.54, 1.807) is 20.8 Å². The molecule has 0 unspecified atom stereocenters. The van der Waals surface area contributed by atoms with Crippen molar-refractivity contribution < 1.29 is 8.42 Å². The normalized spacial score (nSPS) is 10.9. The Bertz CT molecular complexity index is 173. The lowest BCUT2D eigenvalue weighted by atomic mass is 10.0. The smallest absolute Gasteiger partial charge is 0.184 e. The molecule has 8 heavy (non-hydrogen) atoms. The maximum Gasteiger partial charge on any atom is 0.219 e. The number of hydrogen-bond donors (Lipinski definition) is 0. The van der Waals surface area contributed by atoms with Gasteiger partial charge in [0.05, 0.1) is 5.37 Å². The van der Waals surface area contributed by atoms with E-state index in [4.69, 9.17) is 0 Å². The van der Waals surface area contributed by atoms with Crippen LogP contribution in [0.15, 0.2) is 0 Å². The van der Waals surface area contributed by atoms with Gasteiger partial charge in [0.1, 0.15) is 0 Å². The molecule has 0 saturated heterocycles. The average molecular weight is 133 g/mol. The summed E-state index contributed by atoms with van der Waals surface area (Å²) in [5.41, 5.74) is -0.341. The lowest BCUT2D eigenvalue weighted by Gasteiger charge is -2.04. The van der Waals surface area contributed by atoms with Crippen molar-refractivity contribution in [3.05, 3.63) is 0 Å². The van der Waals surface area contributed by atoms with Crippen LogP contribution in [0.5, 0.6) is 0 Å². The van der Waals surface area contributed by atoms with Crippen molar-refractivity contribution >= 4 is 15.7 Å². The minimum atomic E-state index is -2.14. The molecular weight excluding hydrogens is 124 g/mol. The molecule has 0 bridgehead atoms. The molecule has 47 valence electrons. The summed E-state index contributed by atoms with van der Waals surface area (Å²) in [6, 6.07) is 0. The van der Waals surface area contributed by atoms with E-state index in [1.165, 1.54) is 0 Å². The first-order valence-electron chi connectivity index (χ1n) is 2.29. The first-order valence-corrected chi connectivity index (χ1v) is 3.36. The van der Waals surface area contributed by atoms with Crippen molar-refractivity contribution in [1.29, 1.82) is 0 Å². The fraction of sp³-hybridized carbons (Fsp3) is 0.800. The number of hydrogen-bond acceptors (Lipinski definition) is 2. The Morgan fingerprint density at radius 1 is 1.25 bits per heavy atom. The Hall–Kier alpha value is -0.310. The SMILES string of the molecule is CC(C)(C)[C]=S(=O)=O. The fourth-order valence-corrected chi connectivity index (χ4v) is 0.750. The molecule has 0 heterocycles. The van der Waals surface area contributed by atoms with Crippen LogP contribution in [0.25, 0.3) is 0 Å². The van der Waals surface area contributed by atoms with Crippen LogP contribution in [0, 0.1) is 5.41 Å². The van der Waals surface area contributed by atoms with Gasteiger partial charge in [0.25, 0.3) is 0 Å². The van der Waals surface area contributed by atoms with Crippen molar-refractivity contribution in [2.45, 2.75) is 20.8 Å². The van der Waals surface area contributed by atoms with Crippen LogP contribution in [0.3, 0.4) is 0 Å². The lowest BCUT2D eigenvalue weighted by molar-refractivity contribution is 0.603. The molecule has 0 spiro atoms. The minimum Gasteiger partial charge on any atom is -0.184 e. The van der Waals surface area contributed by atoms with Gasteiger partial charge in [-0.2, -0.15) is 8.42 Å². The van der Waals surface area contributed by atoms with Gasteiger partial charge >= 0.3 is 0 Å². The zero-order valence-electron chi connectivity index (χ0n) is 5.22. The quantitative estimate of drug-likeness (QED) is 0.453. The van der Waals surface area contributed by atoms with E-state index in [-0.39, 0.29) is 5.41 Å². The Kier molecular flexibility index (Phi) is 2.22. The minimum absolute atomic E-state index is 0.341. The topological polar surface area (TPSA) is 34.1 Å². The highest BCUT2D eigenvalue weighted by atomic mass is 32.2. The summed E-state index contributed by atoms with van der Waals surface area (Å²) >= 11 is 0. The van der Waals surface area contributed by atoms with Crippen LogP contribution in [0.1, 0.15) is 20.8 Å². The lowest BCUT2D eigenvalue weighted by Crippen LogP contribution is -2.06. The highest BCUT2D eigenvalue weighted by Crippen LogP contribution is 2.06. The third-order valence-electron chi connectivity index (χ3n) is 0.390. The molecular formula is C5H9O2S. The second kappa shape index (κ2) is 2.31. The fourth-order valence-electron chi connectivity index (χ4n) is 0.250. The molecule has 0 aromatic carbocycles. The molecule has 0 aromatic rings. The first kappa shape index (κ1) is 7.69. The summed E-state index contributed by atoms with van der Waals surface area (Å²) in [5.74, 6) is 0. The molecule has 0 fully saturated rings. The number of rotatable bonds is 0. The third kappa shape index (κ3) is 5.69. The summed E-state index contributed by atoms with van der Waals surface area (Å²) in [6.45, 7) is 5.34. The van der Waals surface area contributed by atoms with E-state index in [0.29, 0.717) is 0 Å². The van der Waals surface area contributed by atoms with Crippen LogP contribution >= 0.6 is 0 Å². The largest absolute Gasteiger partial charge is 0.219 e. The predicted octanol–water partition coefficient (Wildman–Crippen LogP) is 0.591. The van der Waals surface area contributed by atoms with Gasteiger partial charge in [-0.15, -0.1) is 0 Å². The van der Waals surface area contributed by atoms with Crippen molar-refractivity contribution in [2.75, 3.05) is 0 Å². The van der Waals surface area contributed by atoms with Gasteiger partial charge in [0.2, 0.25) is 10.3 Å². The zero-order valence-corrected chi connectivity index (χ0v) is 6.04. The molecule has 3 heteroatoms. The second-order valence-corrected chi connectivity index (χ2v) is 3.26. The van der Waals surface area contributed by atoms with Crippen LogP contribution in [-0.2, 0) is 10.3 Å².